The molecule has 0 aliphatic heterocycles. The summed E-state index contributed by atoms with van der Waals surface area (Å²) in [5.41, 5.74) is 1.70. The molecule has 0 aromatic heterocycles. The molecule has 0 atom stereocenters. The summed E-state index contributed by atoms with van der Waals surface area (Å²) in [5, 5.41) is 0. The van der Waals surface area contributed by atoms with E-state index in [0.717, 1.165) is 16.3 Å². The molecule has 3 heteroatoms. The minimum atomic E-state index is 0.488. The second-order valence-electron chi connectivity index (χ2n) is 3.58. The molecule has 0 heterocycles. The first-order valence-corrected chi connectivity index (χ1v) is 6.00. The van der Waals surface area contributed by atoms with Crippen LogP contribution in [0.5, 0.6) is 5.75 Å². The Kier molecular flexibility index (Phi) is 3.94. The molecule has 2 nitrogen and oxygen atoms in total. The largest absolute Gasteiger partial charge is 0.488 e. The fourth-order valence-corrected chi connectivity index (χ4v) is 1.80. The van der Waals surface area contributed by atoms with E-state index < -0.39 is 0 Å². The summed E-state index contributed by atoms with van der Waals surface area (Å²) in [6.45, 7) is 0.488. The van der Waals surface area contributed by atoms with E-state index in [-0.39, 0.29) is 0 Å². The number of rotatable bonds is 4. The van der Waals surface area contributed by atoms with Crippen molar-refractivity contribution in [2.45, 2.75) is 6.61 Å². The molecule has 0 saturated heterocycles. The highest BCUT2D eigenvalue weighted by Gasteiger charge is 2.03. The maximum absolute atomic E-state index is 10.7. The first-order chi connectivity index (χ1) is 8.29. The van der Waals surface area contributed by atoms with Gasteiger partial charge in [-0.25, -0.2) is 0 Å². The molecule has 0 amide bonds. The lowest BCUT2D eigenvalue weighted by Gasteiger charge is -2.08. The first-order valence-electron chi connectivity index (χ1n) is 5.21. The lowest BCUT2D eigenvalue weighted by Crippen LogP contribution is -1.96. The lowest BCUT2D eigenvalue weighted by molar-refractivity contribution is 0.112. The Morgan fingerprint density at radius 1 is 1.12 bits per heavy atom. The number of hydrogen-bond donors (Lipinski definition) is 0. The molecule has 2 aromatic carbocycles. The Hall–Kier alpha value is -1.61. The van der Waals surface area contributed by atoms with E-state index in [4.69, 9.17) is 4.74 Å². The Morgan fingerprint density at radius 2 is 1.88 bits per heavy atom. The van der Waals surface area contributed by atoms with Gasteiger partial charge < -0.3 is 4.74 Å². The molecule has 0 radical (unpaired) electrons. The van der Waals surface area contributed by atoms with Crippen LogP contribution in [-0.4, -0.2) is 6.29 Å². The summed E-state index contributed by atoms with van der Waals surface area (Å²) >= 11 is 3.39. The van der Waals surface area contributed by atoms with Crippen molar-refractivity contribution in [2.75, 3.05) is 0 Å². The van der Waals surface area contributed by atoms with Crippen LogP contribution in [0.3, 0.4) is 0 Å². The lowest BCUT2D eigenvalue weighted by atomic mass is 10.2. The normalized spacial score (nSPS) is 9.94. The molecule has 0 bridgehead atoms. The average molecular weight is 291 g/mol. The van der Waals surface area contributed by atoms with Crippen molar-refractivity contribution in [3.05, 3.63) is 64.1 Å². The van der Waals surface area contributed by atoms with Gasteiger partial charge in [0, 0.05) is 5.56 Å². The van der Waals surface area contributed by atoms with Crippen LogP contribution in [0.15, 0.2) is 53.0 Å². The van der Waals surface area contributed by atoms with Gasteiger partial charge in [-0.2, -0.15) is 0 Å². The number of aldehydes is 1. The highest BCUT2D eigenvalue weighted by molar-refractivity contribution is 9.10. The number of halogens is 1. The maximum atomic E-state index is 10.7. The van der Waals surface area contributed by atoms with Crippen molar-refractivity contribution in [3.8, 4) is 5.75 Å². The van der Waals surface area contributed by atoms with Crippen LogP contribution < -0.4 is 4.74 Å². The molecular weight excluding hydrogens is 280 g/mol. The first kappa shape index (κ1) is 11.9. The van der Waals surface area contributed by atoms with Gasteiger partial charge in [-0.1, -0.05) is 36.4 Å². The predicted molar refractivity (Wildman–Crippen MR) is 70.3 cm³/mol. The second kappa shape index (κ2) is 5.64. The highest BCUT2D eigenvalue weighted by atomic mass is 79.9. The Morgan fingerprint density at radius 3 is 2.59 bits per heavy atom. The average Bonchev–Trinajstić information content (AvgIpc) is 2.39. The van der Waals surface area contributed by atoms with Gasteiger partial charge in [0.1, 0.15) is 18.6 Å². The number of carbonyl (C=O) groups is 1. The van der Waals surface area contributed by atoms with E-state index in [2.05, 4.69) is 15.9 Å². The smallest absolute Gasteiger partial charge is 0.150 e. The number of ether oxygens (including phenoxy) is 1. The Labute approximate surface area is 108 Å². The molecule has 17 heavy (non-hydrogen) atoms. The number of carbonyl (C=O) groups excluding carboxylic acids is 1. The monoisotopic (exact) mass is 290 g/mol. The summed E-state index contributed by atoms with van der Waals surface area (Å²) in [4.78, 5) is 10.7. The third-order valence-electron chi connectivity index (χ3n) is 2.33. The minimum Gasteiger partial charge on any atom is -0.488 e. The van der Waals surface area contributed by atoms with E-state index in [1.807, 2.05) is 36.4 Å². The SMILES string of the molecule is O=Cc1ccc(Br)c(OCc2ccccc2)c1. The van der Waals surface area contributed by atoms with Crippen molar-refractivity contribution in [1.29, 1.82) is 0 Å². The number of hydrogen-bond acceptors (Lipinski definition) is 2. The zero-order valence-corrected chi connectivity index (χ0v) is 10.7. The molecule has 0 spiro atoms. The molecule has 0 N–H and O–H groups in total. The molecule has 0 aliphatic rings. The quantitative estimate of drug-likeness (QED) is 0.800. The summed E-state index contributed by atoms with van der Waals surface area (Å²) in [7, 11) is 0. The Bertz CT molecular complexity index is 509. The van der Waals surface area contributed by atoms with Crippen LogP contribution in [0.25, 0.3) is 0 Å². The molecule has 0 unspecified atom stereocenters. The van der Waals surface area contributed by atoms with Crippen molar-refractivity contribution in [1.82, 2.24) is 0 Å². The molecule has 2 rings (SSSR count). The van der Waals surface area contributed by atoms with E-state index in [9.17, 15) is 4.79 Å². The van der Waals surface area contributed by atoms with Crippen molar-refractivity contribution < 1.29 is 9.53 Å². The van der Waals surface area contributed by atoms with Crippen LogP contribution >= 0.6 is 15.9 Å². The molecular formula is C14H11BrO2. The van der Waals surface area contributed by atoms with Gasteiger partial charge in [-0.3, -0.25) is 4.79 Å². The molecule has 2 aromatic rings. The van der Waals surface area contributed by atoms with Crippen molar-refractivity contribution in [3.63, 3.8) is 0 Å². The summed E-state index contributed by atoms with van der Waals surface area (Å²) in [6, 6.07) is 15.2. The zero-order chi connectivity index (χ0) is 12.1. The van der Waals surface area contributed by atoms with E-state index in [0.29, 0.717) is 17.9 Å². The fraction of sp³-hybridized carbons (Fsp3) is 0.0714. The fourth-order valence-electron chi connectivity index (χ4n) is 1.44. The van der Waals surface area contributed by atoms with Crippen molar-refractivity contribution >= 4 is 22.2 Å². The van der Waals surface area contributed by atoms with Gasteiger partial charge in [0.2, 0.25) is 0 Å². The van der Waals surface area contributed by atoms with Gasteiger partial charge in [0.15, 0.2) is 0 Å². The van der Waals surface area contributed by atoms with Crippen LogP contribution in [0, 0.1) is 0 Å². The van der Waals surface area contributed by atoms with Gasteiger partial charge in [0.05, 0.1) is 4.47 Å². The van der Waals surface area contributed by atoms with Crippen molar-refractivity contribution in [2.24, 2.45) is 0 Å². The van der Waals surface area contributed by atoms with E-state index in [1.54, 1.807) is 12.1 Å². The van der Waals surface area contributed by atoms with Gasteiger partial charge in [-0.15, -0.1) is 0 Å². The third kappa shape index (κ3) is 3.17. The Balaban J connectivity index is 2.11. The minimum absolute atomic E-state index is 0.488. The van der Waals surface area contributed by atoms with Gasteiger partial charge >= 0.3 is 0 Å². The van der Waals surface area contributed by atoms with Crippen LogP contribution in [0.2, 0.25) is 0 Å². The van der Waals surface area contributed by atoms with Crippen LogP contribution in [0.1, 0.15) is 15.9 Å². The van der Waals surface area contributed by atoms with E-state index in [1.165, 1.54) is 0 Å². The van der Waals surface area contributed by atoms with Gasteiger partial charge in [0.25, 0.3) is 0 Å². The predicted octanol–water partition coefficient (Wildman–Crippen LogP) is 3.84. The third-order valence-corrected chi connectivity index (χ3v) is 2.98. The summed E-state index contributed by atoms with van der Waals surface area (Å²) in [6.07, 6.45) is 0.807. The van der Waals surface area contributed by atoms with Gasteiger partial charge in [-0.05, 0) is 33.6 Å². The highest BCUT2D eigenvalue weighted by Crippen LogP contribution is 2.26. The molecule has 0 fully saturated rings. The maximum Gasteiger partial charge on any atom is 0.150 e. The summed E-state index contributed by atoms with van der Waals surface area (Å²) in [5.74, 6) is 0.679. The molecule has 86 valence electrons. The standard InChI is InChI=1S/C14H11BrO2/c15-13-7-6-12(9-16)8-14(13)17-10-11-4-2-1-3-5-11/h1-9H,10H2. The zero-order valence-electron chi connectivity index (χ0n) is 9.10. The van der Waals surface area contributed by atoms with Crippen LogP contribution in [-0.2, 0) is 6.61 Å². The topological polar surface area (TPSA) is 26.3 Å². The number of benzene rings is 2. The van der Waals surface area contributed by atoms with E-state index >= 15 is 0 Å². The van der Waals surface area contributed by atoms with Crippen LogP contribution in [0.4, 0.5) is 0 Å². The summed E-state index contributed by atoms with van der Waals surface area (Å²) < 4.78 is 6.51. The molecule has 0 saturated carbocycles. The second-order valence-corrected chi connectivity index (χ2v) is 4.44. The molecule has 0 aliphatic carbocycles.